The number of halogens is 1. The smallest absolute Gasteiger partial charge is 0.244 e. The van der Waals surface area contributed by atoms with Gasteiger partial charge >= 0.3 is 0 Å². The monoisotopic (exact) mass is 537 g/mol. The van der Waals surface area contributed by atoms with Crippen molar-refractivity contribution in [2.24, 2.45) is 11.8 Å². The van der Waals surface area contributed by atoms with Crippen LogP contribution in [0, 0.1) is 11.8 Å². The summed E-state index contributed by atoms with van der Waals surface area (Å²) in [6.07, 6.45) is 2.92. The van der Waals surface area contributed by atoms with E-state index in [0.717, 1.165) is 18.4 Å². The summed E-state index contributed by atoms with van der Waals surface area (Å²) in [6, 6.07) is 9.08. The molecule has 0 aromatic heterocycles. The van der Waals surface area contributed by atoms with Crippen molar-refractivity contribution in [3.63, 3.8) is 0 Å². The normalized spacial score (nSPS) is 32.2. The molecule has 3 aliphatic rings. The number of fused-ring (bicyclic) bond motifs is 1. The molecule has 3 aliphatic heterocycles. The fourth-order valence-corrected chi connectivity index (χ4v) is 9.21. The summed E-state index contributed by atoms with van der Waals surface area (Å²) in [5.41, 5.74) is 1.00. The molecule has 9 heteroatoms. The van der Waals surface area contributed by atoms with Crippen molar-refractivity contribution in [1.29, 1.82) is 0 Å². The van der Waals surface area contributed by atoms with Crippen LogP contribution in [-0.4, -0.2) is 68.3 Å². The van der Waals surface area contributed by atoms with E-state index in [0.29, 0.717) is 32.5 Å². The second-order valence-electron chi connectivity index (χ2n) is 9.12. The summed E-state index contributed by atoms with van der Waals surface area (Å²) >= 11 is 5.40. The van der Waals surface area contributed by atoms with E-state index < -0.39 is 22.6 Å². The number of nitrogens with zero attached hydrogens (tertiary/aromatic N) is 1. The Kier molecular flexibility index (Phi) is 7.70. The molecule has 2 bridgehead atoms. The number of carbonyl (C=O) groups excluding carboxylic acids is 3. The van der Waals surface area contributed by atoms with Gasteiger partial charge in [-0.05, 0) is 24.8 Å². The van der Waals surface area contributed by atoms with Crippen molar-refractivity contribution >= 4 is 45.4 Å². The van der Waals surface area contributed by atoms with E-state index in [2.05, 4.69) is 33.5 Å². The minimum Gasteiger partial charge on any atom is -0.396 e. The number of amides is 3. The Balaban J connectivity index is 1.59. The molecule has 3 N–H and O–H groups in total. The van der Waals surface area contributed by atoms with Gasteiger partial charge in [-0.2, -0.15) is 0 Å². The minimum absolute atomic E-state index is 0.0521. The van der Waals surface area contributed by atoms with Crippen molar-refractivity contribution in [3.8, 4) is 0 Å². The molecule has 180 valence electrons. The van der Waals surface area contributed by atoms with Gasteiger partial charge in [0.25, 0.3) is 0 Å². The van der Waals surface area contributed by atoms with Crippen LogP contribution < -0.4 is 10.6 Å². The number of thioether (sulfide) groups is 1. The van der Waals surface area contributed by atoms with Gasteiger partial charge in [-0.3, -0.25) is 14.4 Å². The van der Waals surface area contributed by atoms with Crippen LogP contribution >= 0.6 is 27.7 Å². The van der Waals surface area contributed by atoms with Crippen LogP contribution in [0.15, 0.2) is 30.3 Å². The molecule has 0 saturated carbocycles. The van der Waals surface area contributed by atoms with E-state index in [1.165, 1.54) is 0 Å². The largest absolute Gasteiger partial charge is 0.396 e. The van der Waals surface area contributed by atoms with Gasteiger partial charge in [-0.15, -0.1) is 11.8 Å². The highest BCUT2D eigenvalue weighted by molar-refractivity contribution is 9.09. The lowest BCUT2D eigenvalue weighted by atomic mass is 9.70. The van der Waals surface area contributed by atoms with E-state index in [1.807, 2.05) is 30.3 Å². The zero-order valence-corrected chi connectivity index (χ0v) is 21.2. The zero-order chi connectivity index (χ0) is 23.6. The number of likely N-dealkylation sites (tertiary alicyclic amines) is 1. The number of rotatable bonds is 10. The van der Waals surface area contributed by atoms with E-state index in [4.69, 9.17) is 0 Å². The van der Waals surface area contributed by atoms with Crippen LogP contribution in [0.3, 0.4) is 0 Å². The van der Waals surface area contributed by atoms with Crippen LogP contribution in [0.4, 0.5) is 0 Å². The third-order valence-corrected chi connectivity index (χ3v) is 10.3. The van der Waals surface area contributed by atoms with Crippen molar-refractivity contribution in [2.45, 2.75) is 60.0 Å². The standard InChI is InChI=1S/C24H32BrN3O4S/c1-2-3-10-26-22(31)20-24-13-16(25)19(33-24)17(18(24)23(32)28(20)11-7-12-29)21(30)27-14-15-8-5-4-6-9-15/h4-6,8-9,16-20,29H,2-3,7,10-14H2,1H3,(H,26,31)(H,27,30)/t16?,17-,18-,19-,20?,24?/m0/s1. The van der Waals surface area contributed by atoms with Gasteiger partial charge in [0, 0.05) is 36.3 Å². The molecule has 7 nitrogen and oxygen atoms in total. The maximum atomic E-state index is 13.7. The lowest BCUT2D eigenvalue weighted by Crippen LogP contribution is -2.55. The zero-order valence-electron chi connectivity index (χ0n) is 18.8. The Labute approximate surface area is 207 Å². The highest BCUT2D eigenvalue weighted by Crippen LogP contribution is 2.67. The van der Waals surface area contributed by atoms with Crippen LogP contribution in [-0.2, 0) is 20.9 Å². The number of unbranched alkanes of at least 4 members (excludes halogenated alkanes) is 1. The summed E-state index contributed by atoms with van der Waals surface area (Å²) in [5.74, 6) is -1.43. The summed E-state index contributed by atoms with van der Waals surface area (Å²) in [7, 11) is 0. The van der Waals surface area contributed by atoms with Crippen molar-refractivity contribution in [2.75, 3.05) is 19.7 Å². The molecule has 3 fully saturated rings. The molecule has 33 heavy (non-hydrogen) atoms. The summed E-state index contributed by atoms with van der Waals surface area (Å²) in [4.78, 5) is 42.1. The van der Waals surface area contributed by atoms with Crippen LogP contribution in [0.25, 0.3) is 0 Å². The first-order valence-electron chi connectivity index (χ1n) is 11.8. The molecule has 1 aromatic carbocycles. The Morgan fingerprint density at radius 1 is 1.21 bits per heavy atom. The maximum absolute atomic E-state index is 13.7. The molecule has 1 spiro atoms. The second-order valence-corrected chi connectivity index (χ2v) is 11.8. The summed E-state index contributed by atoms with van der Waals surface area (Å²) < 4.78 is -0.629. The number of nitrogens with one attached hydrogen (secondary N) is 2. The third-order valence-electron chi connectivity index (χ3n) is 7.04. The van der Waals surface area contributed by atoms with E-state index in [-0.39, 0.29) is 34.4 Å². The minimum atomic E-state index is -0.629. The number of alkyl halides is 1. The third kappa shape index (κ3) is 4.44. The fraction of sp³-hybridized carbons (Fsp3) is 0.625. The molecule has 1 aromatic rings. The van der Waals surface area contributed by atoms with Gasteiger partial charge in [0.05, 0.1) is 16.6 Å². The predicted octanol–water partition coefficient (Wildman–Crippen LogP) is 2.07. The Bertz CT molecular complexity index is 888. The quantitative estimate of drug-likeness (QED) is 0.313. The lowest BCUT2D eigenvalue weighted by Gasteiger charge is -2.35. The van der Waals surface area contributed by atoms with Gasteiger partial charge in [0.2, 0.25) is 17.7 Å². The number of aliphatic hydroxyl groups is 1. The van der Waals surface area contributed by atoms with E-state index in [1.54, 1.807) is 16.7 Å². The topological polar surface area (TPSA) is 98.7 Å². The van der Waals surface area contributed by atoms with E-state index in [9.17, 15) is 19.5 Å². The Hall–Kier alpha value is -1.58. The molecule has 3 unspecified atom stereocenters. The first-order valence-corrected chi connectivity index (χ1v) is 13.6. The van der Waals surface area contributed by atoms with Gasteiger partial charge < -0.3 is 20.6 Å². The predicted molar refractivity (Wildman–Crippen MR) is 132 cm³/mol. The molecule has 0 radical (unpaired) electrons. The van der Waals surface area contributed by atoms with Crippen molar-refractivity contribution < 1.29 is 19.5 Å². The van der Waals surface area contributed by atoms with E-state index >= 15 is 0 Å². The number of aliphatic hydroxyl groups excluding tert-OH is 1. The molecular formula is C24H32BrN3O4S. The van der Waals surface area contributed by atoms with Crippen molar-refractivity contribution in [3.05, 3.63) is 35.9 Å². The van der Waals surface area contributed by atoms with Crippen molar-refractivity contribution in [1.82, 2.24) is 15.5 Å². The van der Waals surface area contributed by atoms with Crippen LogP contribution in [0.1, 0.15) is 38.2 Å². The molecule has 3 amide bonds. The summed E-state index contributed by atoms with van der Waals surface area (Å²) in [6.45, 7) is 3.31. The van der Waals surface area contributed by atoms with Gasteiger partial charge in [0.1, 0.15) is 6.04 Å². The first-order chi connectivity index (χ1) is 15.9. The molecule has 0 aliphatic carbocycles. The second kappa shape index (κ2) is 10.4. The number of hydrogen-bond acceptors (Lipinski definition) is 5. The number of carbonyl (C=O) groups is 3. The SMILES string of the molecule is CCCCNC(=O)C1N(CCCO)C(=O)[C@@H]2[C@H](C(=O)NCc3ccccc3)[C@H]3SC12CC3Br. The number of benzene rings is 1. The molecule has 4 rings (SSSR count). The van der Waals surface area contributed by atoms with Crippen LogP contribution in [0.2, 0.25) is 0 Å². The van der Waals surface area contributed by atoms with Gasteiger partial charge in [-0.25, -0.2) is 0 Å². The first kappa shape index (κ1) is 24.5. The average molecular weight is 539 g/mol. The maximum Gasteiger partial charge on any atom is 0.244 e. The number of hydrogen-bond donors (Lipinski definition) is 3. The summed E-state index contributed by atoms with van der Waals surface area (Å²) in [5, 5.41) is 15.4. The Morgan fingerprint density at radius 2 is 1.97 bits per heavy atom. The molecule has 3 heterocycles. The molecule has 6 atom stereocenters. The highest BCUT2D eigenvalue weighted by atomic mass is 79.9. The van der Waals surface area contributed by atoms with Crippen LogP contribution in [0.5, 0.6) is 0 Å². The van der Waals surface area contributed by atoms with Gasteiger partial charge in [-0.1, -0.05) is 59.6 Å². The Morgan fingerprint density at radius 3 is 2.67 bits per heavy atom. The molecular weight excluding hydrogens is 506 g/mol. The fourth-order valence-electron chi connectivity index (χ4n) is 5.60. The average Bonchev–Trinajstić information content (AvgIpc) is 3.40. The molecule has 3 saturated heterocycles. The highest BCUT2D eigenvalue weighted by Gasteiger charge is 2.75. The lowest BCUT2D eigenvalue weighted by molar-refractivity contribution is -0.140. The van der Waals surface area contributed by atoms with Gasteiger partial charge in [0.15, 0.2) is 0 Å².